The van der Waals surface area contributed by atoms with Crippen LogP contribution in [0.5, 0.6) is 0 Å². The lowest BCUT2D eigenvalue weighted by atomic mass is 10.0. The average molecular weight is 315 g/mol. The summed E-state index contributed by atoms with van der Waals surface area (Å²) in [6, 6.07) is 2.09. The Balaban J connectivity index is 1.79. The number of aryl methyl sites for hydroxylation is 2. The van der Waals surface area contributed by atoms with Crippen LogP contribution in [-0.2, 0) is 6.42 Å². The third-order valence-corrected chi connectivity index (χ3v) is 4.72. The molecule has 1 N–H and O–H groups in total. The summed E-state index contributed by atoms with van der Waals surface area (Å²) in [5, 5.41) is 0. The lowest BCUT2D eigenvalue weighted by Crippen LogP contribution is -2.39. The average Bonchev–Trinajstić information content (AvgIpc) is 3.02. The molecule has 0 spiro atoms. The van der Waals surface area contributed by atoms with E-state index >= 15 is 0 Å². The number of hydrogen-bond donors (Lipinski definition) is 1. The highest BCUT2D eigenvalue weighted by molar-refractivity contribution is 5.04. The van der Waals surface area contributed by atoms with E-state index in [-0.39, 0.29) is 11.6 Å². The van der Waals surface area contributed by atoms with Crippen molar-refractivity contribution in [2.45, 2.75) is 52.1 Å². The smallest absolute Gasteiger partial charge is 0.251 e. The summed E-state index contributed by atoms with van der Waals surface area (Å²) >= 11 is 0. The zero-order valence-electron chi connectivity index (χ0n) is 14.1. The van der Waals surface area contributed by atoms with Gasteiger partial charge in [-0.25, -0.2) is 9.97 Å². The minimum Gasteiger partial charge on any atom is -0.331 e. The van der Waals surface area contributed by atoms with Crippen LogP contribution in [-0.4, -0.2) is 37.5 Å². The first-order valence-electron chi connectivity index (χ1n) is 8.42. The highest BCUT2D eigenvalue weighted by Crippen LogP contribution is 2.28. The molecule has 0 saturated carbocycles. The standard InChI is InChI=1S/C17H25N5O/c1-4-15-18-7-9-22(15)14-6-5-8-21(11-14)13(3)17-19-12(2)10-16(23)20-17/h7,9-10,13-14H,4-6,8,11H2,1-3H3,(H,19,20,23)/t13-,14+/m1/s1. The number of nitrogens with zero attached hydrogens (tertiary/aromatic N) is 4. The molecule has 0 amide bonds. The maximum absolute atomic E-state index is 11.7. The van der Waals surface area contributed by atoms with E-state index in [1.165, 1.54) is 12.5 Å². The maximum atomic E-state index is 11.7. The number of imidazole rings is 1. The minimum atomic E-state index is -0.0733. The molecule has 3 heterocycles. The van der Waals surface area contributed by atoms with Gasteiger partial charge in [0.25, 0.3) is 5.56 Å². The quantitative estimate of drug-likeness (QED) is 0.939. The molecule has 2 atom stereocenters. The normalized spacial score (nSPS) is 20.6. The van der Waals surface area contributed by atoms with Crippen LogP contribution in [0.15, 0.2) is 23.3 Å². The van der Waals surface area contributed by atoms with Gasteiger partial charge in [0.15, 0.2) is 0 Å². The van der Waals surface area contributed by atoms with Crippen molar-refractivity contribution in [3.05, 3.63) is 46.2 Å². The predicted molar refractivity (Wildman–Crippen MR) is 89.5 cm³/mol. The largest absolute Gasteiger partial charge is 0.331 e. The van der Waals surface area contributed by atoms with Crippen molar-refractivity contribution in [2.24, 2.45) is 0 Å². The molecule has 23 heavy (non-hydrogen) atoms. The Hall–Kier alpha value is -1.95. The molecule has 0 aromatic carbocycles. The van der Waals surface area contributed by atoms with Crippen molar-refractivity contribution in [3.8, 4) is 0 Å². The van der Waals surface area contributed by atoms with Gasteiger partial charge in [0.05, 0.1) is 6.04 Å². The highest BCUT2D eigenvalue weighted by Gasteiger charge is 2.27. The molecule has 1 aliphatic rings. The van der Waals surface area contributed by atoms with E-state index in [2.05, 4.69) is 44.5 Å². The van der Waals surface area contributed by atoms with Crippen LogP contribution in [0.3, 0.4) is 0 Å². The third kappa shape index (κ3) is 3.37. The fourth-order valence-corrected chi connectivity index (χ4v) is 3.49. The molecule has 1 fully saturated rings. The van der Waals surface area contributed by atoms with E-state index in [1.54, 1.807) is 0 Å². The Morgan fingerprint density at radius 3 is 3.04 bits per heavy atom. The monoisotopic (exact) mass is 315 g/mol. The van der Waals surface area contributed by atoms with E-state index in [0.717, 1.165) is 43.3 Å². The molecule has 6 nitrogen and oxygen atoms in total. The number of nitrogens with one attached hydrogen (secondary N) is 1. The van der Waals surface area contributed by atoms with Crippen molar-refractivity contribution in [1.82, 2.24) is 24.4 Å². The molecule has 6 heteroatoms. The zero-order valence-corrected chi connectivity index (χ0v) is 14.1. The molecule has 2 aromatic heterocycles. The highest BCUT2D eigenvalue weighted by atomic mass is 16.1. The summed E-state index contributed by atoms with van der Waals surface area (Å²) in [4.78, 5) is 26.0. The zero-order chi connectivity index (χ0) is 16.4. The predicted octanol–water partition coefficient (Wildman–Crippen LogP) is 2.24. The number of H-pyrrole nitrogens is 1. The second kappa shape index (κ2) is 6.66. The van der Waals surface area contributed by atoms with E-state index in [0.29, 0.717) is 6.04 Å². The Morgan fingerprint density at radius 2 is 2.30 bits per heavy atom. The first-order valence-corrected chi connectivity index (χ1v) is 8.42. The Morgan fingerprint density at radius 1 is 1.48 bits per heavy atom. The van der Waals surface area contributed by atoms with Crippen molar-refractivity contribution < 1.29 is 0 Å². The minimum absolute atomic E-state index is 0.0733. The Bertz CT molecular complexity index is 720. The van der Waals surface area contributed by atoms with Gasteiger partial charge in [-0.05, 0) is 33.2 Å². The number of piperidine rings is 1. The Labute approximate surface area is 136 Å². The molecule has 0 bridgehead atoms. The van der Waals surface area contributed by atoms with Gasteiger partial charge >= 0.3 is 0 Å². The van der Waals surface area contributed by atoms with E-state index < -0.39 is 0 Å². The van der Waals surface area contributed by atoms with Gasteiger partial charge in [0.1, 0.15) is 11.6 Å². The molecule has 124 valence electrons. The van der Waals surface area contributed by atoms with Gasteiger partial charge in [0.2, 0.25) is 0 Å². The SMILES string of the molecule is CCc1nccn1[C@H]1CCCN([C@H](C)c2nc(C)cc(=O)[nH]2)C1. The summed E-state index contributed by atoms with van der Waals surface area (Å²) in [6.07, 6.45) is 7.24. The fraction of sp³-hybridized carbons (Fsp3) is 0.588. The van der Waals surface area contributed by atoms with Crippen molar-refractivity contribution in [2.75, 3.05) is 13.1 Å². The van der Waals surface area contributed by atoms with Gasteiger partial charge in [-0.3, -0.25) is 9.69 Å². The first kappa shape index (κ1) is 15.9. The van der Waals surface area contributed by atoms with Crippen LogP contribution in [0.2, 0.25) is 0 Å². The molecule has 3 rings (SSSR count). The molecular weight excluding hydrogens is 290 g/mol. The fourth-order valence-electron chi connectivity index (χ4n) is 3.49. The second-order valence-electron chi connectivity index (χ2n) is 6.34. The molecule has 0 radical (unpaired) electrons. The summed E-state index contributed by atoms with van der Waals surface area (Å²) in [5.41, 5.74) is 0.697. The molecule has 0 aliphatic carbocycles. The second-order valence-corrected chi connectivity index (χ2v) is 6.34. The number of hydrogen-bond acceptors (Lipinski definition) is 4. The van der Waals surface area contributed by atoms with Crippen LogP contribution >= 0.6 is 0 Å². The molecule has 1 saturated heterocycles. The van der Waals surface area contributed by atoms with Crippen LogP contribution in [0.4, 0.5) is 0 Å². The van der Waals surface area contributed by atoms with Gasteiger partial charge in [0, 0.05) is 43.2 Å². The Kier molecular flexibility index (Phi) is 4.61. The van der Waals surface area contributed by atoms with Crippen LogP contribution in [0.1, 0.15) is 56.1 Å². The van der Waals surface area contributed by atoms with Crippen molar-refractivity contribution in [3.63, 3.8) is 0 Å². The summed E-state index contributed by atoms with van der Waals surface area (Å²) in [6.45, 7) is 8.12. The molecule has 0 unspecified atom stereocenters. The lowest BCUT2D eigenvalue weighted by molar-refractivity contribution is 0.128. The number of aromatic amines is 1. The molecule has 2 aromatic rings. The summed E-state index contributed by atoms with van der Waals surface area (Å²) < 4.78 is 2.31. The molecular formula is C17H25N5O. The lowest BCUT2D eigenvalue weighted by Gasteiger charge is -2.37. The number of likely N-dealkylation sites (tertiary alicyclic amines) is 1. The van der Waals surface area contributed by atoms with Gasteiger partial charge in [-0.2, -0.15) is 0 Å². The number of aromatic nitrogens is 4. The first-order chi connectivity index (χ1) is 11.1. The van der Waals surface area contributed by atoms with Gasteiger partial charge in [-0.1, -0.05) is 6.92 Å². The summed E-state index contributed by atoms with van der Waals surface area (Å²) in [7, 11) is 0. The van der Waals surface area contributed by atoms with Gasteiger partial charge < -0.3 is 9.55 Å². The van der Waals surface area contributed by atoms with Gasteiger partial charge in [-0.15, -0.1) is 0 Å². The van der Waals surface area contributed by atoms with E-state index in [4.69, 9.17) is 0 Å². The number of rotatable bonds is 4. The summed E-state index contributed by atoms with van der Waals surface area (Å²) in [5.74, 6) is 1.91. The topological polar surface area (TPSA) is 66.8 Å². The van der Waals surface area contributed by atoms with Crippen LogP contribution < -0.4 is 5.56 Å². The maximum Gasteiger partial charge on any atom is 0.251 e. The van der Waals surface area contributed by atoms with Crippen LogP contribution in [0.25, 0.3) is 0 Å². The third-order valence-electron chi connectivity index (χ3n) is 4.72. The van der Waals surface area contributed by atoms with Crippen molar-refractivity contribution >= 4 is 0 Å². The van der Waals surface area contributed by atoms with Crippen molar-refractivity contribution in [1.29, 1.82) is 0 Å². The van der Waals surface area contributed by atoms with Crippen LogP contribution in [0, 0.1) is 6.92 Å². The van der Waals surface area contributed by atoms with E-state index in [9.17, 15) is 4.79 Å². The van der Waals surface area contributed by atoms with E-state index in [1.807, 2.05) is 13.1 Å². The molecule has 1 aliphatic heterocycles.